The van der Waals surface area contributed by atoms with Crippen LogP contribution in [0.3, 0.4) is 0 Å². The summed E-state index contributed by atoms with van der Waals surface area (Å²) in [6.45, 7) is 8.71. The Morgan fingerprint density at radius 2 is 2.28 bits per heavy atom. The Morgan fingerprint density at radius 1 is 1.50 bits per heavy atom. The van der Waals surface area contributed by atoms with Gasteiger partial charge in [0.15, 0.2) is 0 Å². The van der Waals surface area contributed by atoms with Gasteiger partial charge in [-0.2, -0.15) is 0 Å². The van der Waals surface area contributed by atoms with E-state index in [1.54, 1.807) is 0 Å². The van der Waals surface area contributed by atoms with Gasteiger partial charge in [-0.05, 0) is 27.6 Å². The molecular weight excluding hydrogens is 244 g/mol. The van der Waals surface area contributed by atoms with Crippen molar-refractivity contribution in [2.75, 3.05) is 40.3 Å². The van der Waals surface area contributed by atoms with Gasteiger partial charge in [0, 0.05) is 36.8 Å². The van der Waals surface area contributed by atoms with Crippen LogP contribution in [0.15, 0.2) is 6.20 Å². The molecule has 1 fully saturated rings. The summed E-state index contributed by atoms with van der Waals surface area (Å²) < 4.78 is 0. The minimum Gasteiger partial charge on any atom is -0.310 e. The van der Waals surface area contributed by atoms with Gasteiger partial charge in [-0.25, -0.2) is 4.98 Å². The number of piperazine rings is 1. The molecule has 2 rings (SSSR count). The molecule has 1 N–H and O–H groups in total. The molecule has 2 heterocycles. The Morgan fingerprint density at radius 3 is 3.00 bits per heavy atom. The number of rotatable bonds is 4. The zero-order chi connectivity index (χ0) is 13.1. The van der Waals surface area contributed by atoms with Gasteiger partial charge in [-0.1, -0.05) is 6.92 Å². The number of hydrogen-bond acceptors (Lipinski definition) is 5. The third-order valence-corrected chi connectivity index (χ3v) is 4.90. The zero-order valence-corrected chi connectivity index (χ0v) is 12.6. The van der Waals surface area contributed by atoms with Crippen molar-refractivity contribution in [2.45, 2.75) is 25.9 Å². The van der Waals surface area contributed by atoms with Gasteiger partial charge in [-0.3, -0.25) is 4.90 Å². The second-order valence-electron chi connectivity index (χ2n) is 5.14. The second kappa shape index (κ2) is 6.10. The molecule has 4 nitrogen and oxygen atoms in total. The first kappa shape index (κ1) is 13.9. The minimum atomic E-state index is 0.410. The smallest absolute Gasteiger partial charge is 0.111 e. The number of nitrogens with one attached hydrogen (secondary N) is 1. The Hall–Kier alpha value is -0.490. The van der Waals surface area contributed by atoms with Gasteiger partial charge in [0.2, 0.25) is 0 Å². The molecule has 1 aromatic heterocycles. The topological polar surface area (TPSA) is 31.4 Å². The van der Waals surface area contributed by atoms with E-state index in [9.17, 15) is 0 Å². The highest BCUT2D eigenvalue weighted by Crippen LogP contribution is 2.29. The summed E-state index contributed by atoms with van der Waals surface area (Å²) in [6.07, 6.45) is 2.04. The van der Waals surface area contributed by atoms with E-state index < -0.39 is 0 Å². The third-order valence-electron chi connectivity index (χ3n) is 3.61. The molecule has 2 atom stereocenters. The van der Waals surface area contributed by atoms with Crippen molar-refractivity contribution in [1.29, 1.82) is 0 Å². The van der Waals surface area contributed by atoms with Crippen LogP contribution in [0, 0.1) is 0 Å². The van der Waals surface area contributed by atoms with Crippen molar-refractivity contribution in [1.82, 2.24) is 20.1 Å². The number of likely N-dealkylation sites (N-methyl/N-ethyl adjacent to an activating group) is 2. The molecule has 1 aliphatic rings. The Balaban J connectivity index is 2.08. The Kier molecular flexibility index (Phi) is 4.72. The van der Waals surface area contributed by atoms with E-state index in [1.807, 2.05) is 17.5 Å². The van der Waals surface area contributed by atoms with Gasteiger partial charge < -0.3 is 10.2 Å². The first-order valence-electron chi connectivity index (χ1n) is 6.69. The van der Waals surface area contributed by atoms with E-state index in [0.29, 0.717) is 12.1 Å². The van der Waals surface area contributed by atoms with Crippen molar-refractivity contribution in [3.05, 3.63) is 16.1 Å². The lowest BCUT2D eigenvalue weighted by atomic mass is 10.2. The molecule has 0 radical (unpaired) electrons. The minimum absolute atomic E-state index is 0.410. The SMILES string of the molecule is CCNC(C)c1cnc(C2CN(C)CCN2C)s1. The first-order chi connectivity index (χ1) is 8.61. The van der Waals surface area contributed by atoms with Crippen LogP contribution in [-0.4, -0.2) is 55.1 Å². The Labute approximate surface area is 114 Å². The number of nitrogens with zero attached hydrogens (tertiary/aromatic N) is 3. The van der Waals surface area contributed by atoms with Crippen LogP contribution in [0.4, 0.5) is 0 Å². The van der Waals surface area contributed by atoms with Crippen molar-refractivity contribution in [3.63, 3.8) is 0 Å². The van der Waals surface area contributed by atoms with Crippen LogP contribution in [0.25, 0.3) is 0 Å². The van der Waals surface area contributed by atoms with Gasteiger partial charge in [0.05, 0.1) is 6.04 Å². The second-order valence-corrected chi connectivity index (χ2v) is 6.23. The van der Waals surface area contributed by atoms with E-state index >= 15 is 0 Å². The zero-order valence-electron chi connectivity index (χ0n) is 11.8. The molecule has 18 heavy (non-hydrogen) atoms. The lowest BCUT2D eigenvalue weighted by Gasteiger charge is -2.36. The number of hydrogen-bond donors (Lipinski definition) is 1. The van der Waals surface area contributed by atoms with E-state index in [2.05, 4.69) is 48.0 Å². The summed E-state index contributed by atoms with van der Waals surface area (Å²) in [7, 11) is 4.39. The van der Waals surface area contributed by atoms with Gasteiger partial charge in [-0.15, -0.1) is 11.3 Å². The van der Waals surface area contributed by atoms with Crippen molar-refractivity contribution in [2.24, 2.45) is 0 Å². The summed E-state index contributed by atoms with van der Waals surface area (Å²) >= 11 is 1.85. The third kappa shape index (κ3) is 3.09. The normalized spacial score (nSPS) is 24.3. The standard InChI is InChI=1S/C13H24N4S/c1-5-14-10(2)12-8-15-13(18-12)11-9-16(3)6-7-17(11)4/h8,10-11,14H,5-7,9H2,1-4H3. The van der Waals surface area contributed by atoms with Crippen LogP contribution in [0.5, 0.6) is 0 Å². The van der Waals surface area contributed by atoms with Crippen LogP contribution >= 0.6 is 11.3 Å². The van der Waals surface area contributed by atoms with Crippen LogP contribution in [0.1, 0.15) is 35.8 Å². The van der Waals surface area contributed by atoms with E-state index in [0.717, 1.165) is 26.2 Å². The largest absolute Gasteiger partial charge is 0.310 e. The highest BCUT2D eigenvalue weighted by atomic mass is 32.1. The van der Waals surface area contributed by atoms with Gasteiger partial charge in [0.25, 0.3) is 0 Å². The van der Waals surface area contributed by atoms with Crippen LogP contribution in [0.2, 0.25) is 0 Å². The quantitative estimate of drug-likeness (QED) is 0.901. The monoisotopic (exact) mass is 268 g/mol. The summed E-state index contributed by atoms with van der Waals surface area (Å²) in [4.78, 5) is 10.8. The molecule has 0 bridgehead atoms. The molecule has 1 saturated heterocycles. The summed E-state index contributed by atoms with van der Waals surface area (Å²) in [5.74, 6) is 0. The van der Waals surface area contributed by atoms with Crippen molar-refractivity contribution >= 4 is 11.3 Å². The predicted octanol–water partition coefficient (Wildman–Crippen LogP) is 1.73. The average Bonchev–Trinajstić information content (AvgIpc) is 2.82. The van der Waals surface area contributed by atoms with E-state index in [1.165, 1.54) is 9.88 Å². The lowest BCUT2D eigenvalue weighted by Crippen LogP contribution is -2.44. The maximum Gasteiger partial charge on any atom is 0.111 e. The predicted molar refractivity (Wildman–Crippen MR) is 77.1 cm³/mol. The summed E-state index contributed by atoms with van der Waals surface area (Å²) in [5, 5.41) is 4.70. The van der Waals surface area contributed by atoms with E-state index in [-0.39, 0.29) is 0 Å². The maximum absolute atomic E-state index is 4.64. The summed E-state index contributed by atoms with van der Waals surface area (Å²) in [6, 6.07) is 0.865. The van der Waals surface area contributed by atoms with Crippen LogP contribution < -0.4 is 5.32 Å². The molecule has 0 spiro atoms. The fourth-order valence-corrected chi connectivity index (χ4v) is 3.44. The highest BCUT2D eigenvalue weighted by molar-refractivity contribution is 7.11. The summed E-state index contributed by atoms with van der Waals surface area (Å²) in [5.41, 5.74) is 0. The lowest BCUT2D eigenvalue weighted by molar-refractivity contribution is 0.115. The van der Waals surface area contributed by atoms with Crippen LogP contribution in [-0.2, 0) is 0 Å². The number of thiazole rings is 1. The average molecular weight is 268 g/mol. The maximum atomic E-state index is 4.64. The molecule has 0 amide bonds. The molecule has 102 valence electrons. The molecule has 0 aromatic carbocycles. The number of aromatic nitrogens is 1. The van der Waals surface area contributed by atoms with E-state index in [4.69, 9.17) is 0 Å². The Bertz CT molecular complexity index is 379. The van der Waals surface area contributed by atoms with Gasteiger partial charge >= 0.3 is 0 Å². The fourth-order valence-electron chi connectivity index (χ4n) is 2.34. The van der Waals surface area contributed by atoms with Crippen molar-refractivity contribution < 1.29 is 0 Å². The molecule has 1 aliphatic heterocycles. The highest BCUT2D eigenvalue weighted by Gasteiger charge is 2.26. The van der Waals surface area contributed by atoms with Gasteiger partial charge in [0.1, 0.15) is 5.01 Å². The molecule has 0 saturated carbocycles. The molecule has 0 aliphatic carbocycles. The fraction of sp³-hybridized carbons (Fsp3) is 0.769. The molecule has 1 aromatic rings. The molecular formula is C13H24N4S. The molecule has 5 heteroatoms. The van der Waals surface area contributed by atoms with Crippen molar-refractivity contribution in [3.8, 4) is 0 Å². The molecule has 2 unspecified atom stereocenters. The first-order valence-corrected chi connectivity index (χ1v) is 7.51.